The van der Waals surface area contributed by atoms with Gasteiger partial charge in [0.25, 0.3) is 5.91 Å². The number of likely N-dealkylation sites (N-methyl/N-ethyl adjacent to an activating group) is 1. The van der Waals surface area contributed by atoms with Gasteiger partial charge in [0.05, 0.1) is 4.47 Å². The Morgan fingerprint density at radius 3 is 2.80 bits per heavy atom. The molecule has 0 aromatic heterocycles. The summed E-state index contributed by atoms with van der Waals surface area (Å²) >= 11 is 9.08. The smallest absolute Gasteiger partial charge is 0.260 e. The lowest BCUT2D eigenvalue weighted by Crippen LogP contribution is -2.33. The van der Waals surface area contributed by atoms with E-state index in [-0.39, 0.29) is 5.91 Å². The first-order chi connectivity index (χ1) is 7.04. The van der Waals surface area contributed by atoms with Gasteiger partial charge in [-0.15, -0.1) is 0 Å². The number of rotatable bonds is 3. The average Bonchev–Trinajstić information content (AvgIpc) is 2.20. The summed E-state index contributed by atoms with van der Waals surface area (Å²) in [5.41, 5.74) is 0. The fourth-order valence-electron chi connectivity index (χ4n) is 1.02. The van der Waals surface area contributed by atoms with Crippen LogP contribution in [0.15, 0.2) is 22.7 Å². The van der Waals surface area contributed by atoms with Gasteiger partial charge in [0.15, 0.2) is 6.10 Å². The molecule has 0 saturated heterocycles. The Bertz CT molecular complexity index is 370. The van der Waals surface area contributed by atoms with Gasteiger partial charge >= 0.3 is 0 Å². The summed E-state index contributed by atoms with van der Waals surface area (Å²) in [6, 6.07) is 5.14. The van der Waals surface area contributed by atoms with Crippen LogP contribution in [0, 0.1) is 0 Å². The molecule has 0 radical (unpaired) electrons. The van der Waals surface area contributed by atoms with Crippen molar-refractivity contribution < 1.29 is 9.53 Å². The molecule has 1 N–H and O–H groups in total. The highest BCUT2D eigenvalue weighted by Crippen LogP contribution is 2.28. The molecule has 0 saturated carbocycles. The normalized spacial score (nSPS) is 12.0. The maximum atomic E-state index is 11.2. The minimum absolute atomic E-state index is 0.170. The van der Waals surface area contributed by atoms with E-state index in [0.717, 1.165) is 4.47 Å². The van der Waals surface area contributed by atoms with Gasteiger partial charge in [0.1, 0.15) is 5.75 Å². The predicted octanol–water partition coefficient (Wildman–Crippen LogP) is 2.62. The van der Waals surface area contributed by atoms with Gasteiger partial charge in [0.2, 0.25) is 0 Å². The van der Waals surface area contributed by atoms with Crippen LogP contribution in [0.1, 0.15) is 6.92 Å². The van der Waals surface area contributed by atoms with Gasteiger partial charge < -0.3 is 10.1 Å². The lowest BCUT2D eigenvalue weighted by Gasteiger charge is -2.14. The summed E-state index contributed by atoms with van der Waals surface area (Å²) in [6.07, 6.45) is -0.535. The topological polar surface area (TPSA) is 38.3 Å². The zero-order valence-corrected chi connectivity index (χ0v) is 10.7. The van der Waals surface area contributed by atoms with E-state index in [1.165, 1.54) is 0 Å². The van der Waals surface area contributed by atoms with Crippen molar-refractivity contribution in [2.75, 3.05) is 7.05 Å². The molecule has 1 aromatic carbocycles. The van der Waals surface area contributed by atoms with Crippen LogP contribution in [-0.4, -0.2) is 19.1 Å². The maximum Gasteiger partial charge on any atom is 0.260 e. The van der Waals surface area contributed by atoms with E-state index in [4.69, 9.17) is 16.3 Å². The molecule has 3 nitrogen and oxygen atoms in total. The third-order valence-electron chi connectivity index (χ3n) is 1.81. The van der Waals surface area contributed by atoms with Crippen LogP contribution in [0.2, 0.25) is 5.02 Å². The van der Waals surface area contributed by atoms with Gasteiger partial charge in [-0.25, -0.2) is 0 Å². The largest absolute Gasteiger partial charge is 0.480 e. The van der Waals surface area contributed by atoms with Crippen molar-refractivity contribution in [3.8, 4) is 5.75 Å². The Balaban J connectivity index is 2.76. The first-order valence-corrected chi connectivity index (χ1v) is 5.55. The number of benzene rings is 1. The Hall–Kier alpha value is -0.740. The molecular formula is C10H11BrClNO2. The predicted molar refractivity (Wildman–Crippen MR) is 63.3 cm³/mol. The fourth-order valence-corrected chi connectivity index (χ4v) is 1.79. The molecule has 1 rings (SSSR count). The third kappa shape index (κ3) is 3.39. The molecule has 0 aliphatic heterocycles. The SMILES string of the molecule is CNC(=O)C(C)Oc1ccc(Cl)cc1Br. The molecule has 1 aromatic rings. The number of halogens is 2. The third-order valence-corrected chi connectivity index (χ3v) is 2.67. The van der Waals surface area contributed by atoms with E-state index in [1.54, 1.807) is 32.2 Å². The van der Waals surface area contributed by atoms with Crippen molar-refractivity contribution in [3.63, 3.8) is 0 Å². The summed E-state index contributed by atoms with van der Waals surface area (Å²) in [4.78, 5) is 11.2. The molecule has 0 spiro atoms. The number of amides is 1. The molecule has 5 heteroatoms. The van der Waals surface area contributed by atoms with Crippen LogP contribution in [-0.2, 0) is 4.79 Å². The average molecular weight is 293 g/mol. The number of carbonyl (C=O) groups is 1. The van der Waals surface area contributed by atoms with Gasteiger partial charge in [-0.3, -0.25) is 4.79 Å². The Labute approximate surface area is 102 Å². The summed E-state index contributed by atoms with van der Waals surface area (Å²) < 4.78 is 6.16. The first-order valence-electron chi connectivity index (χ1n) is 4.38. The molecule has 1 amide bonds. The van der Waals surface area contributed by atoms with Crippen molar-refractivity contribution in [2.24, 2.45) is 0 Å². The maximum absolute atomic E-state index is 11.2. The summed E-state index contributed by atoms with van der Waals surface area (Å²) in [5, 5.41) is 3.12. The first kappa shape index (κ1) is 12.3. The second-order valence-electron chi connectivity index (χ2n) is 2.95. The van der Waals surface area contributed by atoms with E-state index in [1.807, 2.05) is 0 Å². The number of ether oxygens (including phenoxy) is 1. The zero-order chi connectivity index (χ0) is 11.4. The van der Waals surface area contributed by atoms with Crippen LogP contribution < -0.4 is 10.1 Å². The zero-order valence-electron chi connectivity index (χ0n) is 8.38. The molecule has 0 aliphatic carbocycles. The van der Waals surface area contributed by atoms with Gasteiger partial charge in [-0.05, 0) is 41.1 Å². The Morgan fingerprint density at radius 2 is 2.27 bits per heavy atom. The van der Waals surface area contributed by atoms with Crippen LogP contribution in [0.25, 0.3) is 0 Å². The van der Waals surface area contributed by atoms with Crippen molar-refractivity contribution in [1.29, 1.82) is 0 Å². The summed E-state index contributed by atoms with van der Waals surface area (Å²) in [6.45, 7) is 1.68. The second-order valence-corrected chi connectivity index (χ2v) is 4.24. The molecule has 0 aliphatic rings. The summed E-state index contributed by atoms with van der Waals surface area (Å²) in [5.74, 6) is 0.423. The standard InChI is InChI=1S/C10H11BrClNO2/c1-6(10(14)13-2)15-9-4-3-7(12)5-8(9)11/h3-6H,1-2H3,(H,13,14). The van der Waals surface area contributed by atoms with Gasteiger partial charge in [0, 0.05) is 12.1 Å². The molecule has 0 heterocycles. The van der Waals surface area contributed by atoms with Crippen molar-refractivity contribution in [2.45, 2.75) is 13.0 Å². The quantitative estimate of drug-likeness (QED) is 0.930. The highest BCUT2D eigenvalue weighted by Gasteiger charge is 2.13. The molecule has 0 fully saturated rings. The minimum Gasteiger partial charge on any atom is -0.480 e. The second kappa shape index (κ2) is 5.37. The van der Waals surface area contributed by atoms with Gasteiger partial charge in [-0.2, -0.15) is 0 Å². The van der Waals surface area contributed by atoms with E-state index >= 15 is 0 Å². The van der Waals surface area contributed by atoms with Gasteiger partial charge in [-0.1, -0.05) is 11.6 Å². The molecule has 0 bridgehead atoms. The van der Waals surface area contributed by atoms with Crippen LogP contribution >= 0.6 is 27.5 Å². The number of hydrogen-bond acceptors (Lipinski definition) is 2. The number of hydrogen-bond donors (Lipinski definition) is 1. The molecule has 1 atom stereocenters. The van der Waals surface area contributed by atoms with Crippen molar-refractivity contribution in [1.82, 2.24) is 5.32 Å². The monoisotopic (exact) mass is 291 g/mol. The van der Waals surface area contributed by atoms with E-state index in [9.17, 15) is 4.79 Å². The van der Waals surface area contributed by atoms with E-state index in [0.29, 0.717) is 10.8 Å². The lowest BCUT2D eigenvalue weighted by atomic mass is 10.3. The number of carbonyl (C=O) groups excluding carboxylic acids is 1. The van der Waals surface area contributed by atoms with E-state index < -0.39 is 6.10 Å². The molecule has 15 heavy (non-hydrogen) atoms. The number of nitrogens with one attached hydrogen (secondary N) is 1. The van der Waals surface area contributed by atoms with Crippen LogP contribution in [0.3, 0.4) is 0 Å². The highest BCUT2D eigenvalue weighted by molar-refractivity contribution is 9.10. The molecule has 1 unspecified atom stereocenters. The van der Waals surface area contributed by atoms with Crippen LogP contribution in [0.5, 0.6) is 5.75 Å². The van der Waals surface area contributed by atoms with Crippen molar-refractivity contribution >= 4 is 33.4 Å². The minimum atomic E-state index is -0.535. The van der Waals surface area contributed by atoms with E-state index in [2.05, 4.69) is 21.2 Å². The fraction of sp³-hybridized carbons (Fsp3) is 0.300. The molecular weight excluding hydrogens is 281 g/mol. The van der Waals surface area contributed by atoms with Crippen LogP contribution in [0.4, 0.5) is 0 Å². The Morgan fingerprint density at radius 1 is 1.60 bits per heavy atom. The lowest BCUT2D eigenvalue weighted by molar-refractivity contribution is -0.126. The highest BCUT2D eigenvalue weighted by atomic mass is 79.9. The summed E-state index contributed by atoms with van der Waals surface area (Å²) in [7, 11) is 1.57. The van der Waals surface area contributed by atoms with Crippen molar-refractivity contribution in [3.05, 3.63) is 27.7 Å². The Kier molecular flexibility index (Phi) is 4.42. The molecule has 82 valence electrons.